The first-order valence-corrected chi connectivity index (χ1v) is 7.42. The summed E-state index contributed by atoms with van der Waals surface area (Å²) in [6, 6.07) is 13.7. The molecule has 0 spiro atoms. The van der Waals surface area contributed by atoms with E-state index in [1.54, 1.807) is 30.6 Å². The Kier molecular flexibility index (Phi) is 4.73. The van der Waals surface area contributed by atoms with Gasteiger partial charge in [-0.3, -0.25) is 4.98 Å². The average Bonchev–Trinajstić information content (AvgIpc) is 2.63. The molecule has 5 nitrogen and oxygen atoms in total. The Morgan fingerprint density at radius 2 is 1.92 bits per heavy atom. The molecule has 0 fully saturated rings. The number of rotatable bonds is 5. The van der Waals surface area contributed by atoms with Crippen molar-refractivity contribution in [2.24, 2.45) is 0 Å². The number of benzene rings is 1. The van der Waals surface area contributed by atoms with E-state index >= 15 is 0 Å². The van der Waals surface area contributed by atoms with Crippen molar-refractivity contribution in [2.75, 3.05) is 11.9 Å². The van der Waals surface area contributed by atoms with Crippen molar-refractivity contribution >= 4 is 5.82 Å². The van der Waals surface area contributed by atoms with Crippen LogP contribution in [0.25, 0.3) is 22.6 Å². The van der Waals surface area contributed by atoms with Gasteiger partial charge >= 0.3 is 0 Å². The third kappa shape index (κ3) is 3.70. The van der Waals surface area contributed by atoms with Crippen molar-refractivity contribution in [1.29, 1.82) is 5.26 Å². The molecule has 6 heteroatoms. The van der Waals surface area contributed by atoms with Gasteiger partial charge in [-0.15, -0.1) is 0 Å². The first-order chi connectivity index (χ1) is 11.8. The molecule has 24 heavy (non-hydrogen) atoms. The molecule has 0 unspecified atom stereocenters. The Hall–Kier alpha value is -3.33. The molecule has 3 rings (SSSR count). The van der Waals surface area contributed by atoms with Gasteiger partial charge in [0.1, 0.15) is 11.6 Å². The van der Waals surface area contributed by atoms with Crippen LogP contribution in [0.3, 0.4) is 0 Å². The SMILES string of the molecule is N#CCCNc1cc(-c2ccc(F)cc2)nc(-c2cccnc2)n1. The first-order valence-electron chi connectivity index (χ1n) is 7.42. The zero-order chi connectivity index (χ0) is 16.8. The molecule has 0 radical (unpaired) electrons. The Labute approximate surface area is 138 Å². The largest absolute Gasteiger partial charge is 0.369 e. The lowest BCUT2D eigenvalue weighted by atomic mass is 10.1. The highest BCUT2D eigenvalue weighted by Gasteiger charge is 2.09. The summed E-state index contributed by atoms with van der Waals surface area (Å²) in [5.74, 6) is 0.829. The van der Waals surface area contributed by atoms with Crippen molar-refractivity contribution < 1.29 is 4.39 Å². The highest BCUT2D eigenvalue weighted by Crippen LogP contribution is 2.24. The summed E-state index contributed by atoms with van der Waals surface area (Å²) in [5.41, 5.74) is 2.24. The lowest BCUT2D eigenvalue weighted by molar-refractivity contribution is 0.628. The van der Waals surface area contributed by atoms with E-state index in [0.29, 0.717) is 30.3 Å². The molecular formula is C18H14FN5. The van der Waals surface area contributed by atoms with Gasteiger partial charge in [0.25, 0.3) is 0 Å². The van der Waals surface area contributed by atoms with Crippen LogP contribution in [0.5, 0.6) is 0 Å². The molecule has 0 aliphatic rings. The molecule has 0 aliphatic carbocycles. The average molecular weight is 319 g/mol. The molecule has 3 aromatic rings. The smallest absolute Gasteiger partial charge is 0.163 e. The maximum atomic E-state index is 13.1. The van der Waals surface area contributed by atoms with Crippen molar-refractivity contribution in [3.63, 3.8) is 0 Å². The van der Waals surface area contributed by atoms with Gasteiger partial charge in [-0.2, -0.15) is 5.26 Å². The summed E-state index contributed by atoms with van der Waals surface area (Å²) in [5, 5.41) is 11.8. The van der Waals surface area contributed by atoms with Crippen LogP contribution in [0, 0.1) is 17.1 Å². The normalized spacial score (nSPS) is 10.2. The minimum Gasteiger partial charge on any atom is -0.369 e. The third-order valence-corrected chi connectivity index (χ3v) is 3.33. The number of pyridine rings is 1. The minimum atomic E-state index is -0.298. The van der Waals surface area contributed by atoms with Crippen LogP contribution in [-0.4, -0.2) is 21.5 Å². The fourth-order valence-electron chi connectivity index (χ4n) is 2.18. The van der Waals surface area contributed by atoms with Crippen LogP contribution in [0.15, 0.2) is 54.9 Å². The monoisotopic (exact) mass is 319 g/mol. The van der Waals surface area contributed by atoms with Gasteiger partial charge < -0.3 is 5.32 Å². The van der Waals surface area contributed by atoms with Gasteiger partial charge in [-0.1, -0.05) is 0 Å². The van der Waals surface area contributed by atoms with E-state index in [4.69, 9.17) is 5.26 Å². The third-order valence-electron chi connectivity index (χ3n) is 3.33. The van der Waals surface area contributed by atoms with Crippen molar-refractivity contribution in [3.8, 4) is 28.7 Å². The van der Waals surface area contributed by atoms with Crippen LogP contribution in [0.2, 0.25) is 0 Å². The number of hydrogen-bond donors (Lipinski definition) is 1. The number of halogens is 1. The summed E-state index contributed by atoms with van der Waals surface area (Å²) >= 11 is 0. The Balaban J connectivity index is 2.02. The summed E-state index contributed by atoms with van der Waals surface area (Å²) < 4.78 is 13.1. The summed E-state index contributed by atoms with van der Waals surface area (Å²) in [6.07, 6.45) is 3.74. The van der Waals surface area contributed by atoms with Crippen molar-refractivity contribution in [2.45, 2.75) is 6.42 Å². The van der Waals surface area contributed by atoms with Gasteiger partial charge in [-0.05, 0) is 36.4 Å². The van der Waals surface area contributed by atoms with Gasteiger partial charge in [-0.25, -0.2) is 14.4 Å². The second-order valence-corrected chi connectivity index (χ2v) is 5.05. The van der Waals surface area contributed by atoms with Crippen LogP contribution >= 0.6 is 0 Å². The van der Waals surface area contributed by atoms with E-state index in [2.05, 4.69) is 26.3 Å². The minimum absolute atomic E-state index is 0.298. The fourth-order valence-corrected chi connectivity index (χ4v) is 2.18. The Bertz CT molecular complexity index is 857. The molecule has 0 atom stereocenters. The van der Waals surface area contributed by atoms with Gasteiger partial charge in [0, 0.05) is 36.1 Å². The molecule has 118 valence electrons. The van der Waals surface area contributed by atoms with Crippen LogP contribution in [-0.2, 0) is 0 Å². The number of aromatic nitrogens is 3. The second-order valence-electron chi connectivity index (χ2n) is 5.05. The van der Waals surface area contributed by atoms with Crippen molar-refractivity contribution in [1.82, 2.24) is 15.0 Å². The van der Waals surface area contributed by atoms with Crippen LogP contribution in [0.4, 0.5) is 10.2 Å². The molecule has 1 aromatic carbocycles. The highest BCUT2D eigenvalue weighted by molar-refractivity contribution is 5.67. The van der Waals surface area contributed by atoms with Crippen LogP contribution < -0.4 is 5.32 Å². The number of hydrogen-bond acceptors (Lipinski definition) is 5. The highest BCUT2D eigenvalue weighted by atomic mass is 19.1. The van der Waals surface area contributed by atoms with E-state index in [-0.39, 0.29) is 5.82 Å². The molecule has 0 saturated carbocycles. The van der Waals surface area contributed by atoms with Crippen molar-refractivity contribution in [3.05, 3.63) is 60.7 Å². The maximum Gasteiger partial charge on any atom is 0.163 e. The standard InChI is InChI=1S/C18H14FN5/c19-15-6-4-13(5-7-15)16-11-17(22-10-2-8-20)24-18(23-16)14-3-1-9-21-12-14/h1,3-7,9,11-12H,2,10H2,(H,22,23,24). The first kappa shape index (κ1) is 15.6. The molecule has 0 bridgehead atoms. The zero-order valence-corrected chi connectivity index (χ0v) is 12.8. The summed E-state index contributed by atoms with van der Waals surface area (Å²) in [6.45, 7) is 0.489. The molecule has 2 aromatic heterocycles. The summed E-state index contributed by atoms with van der Waals surface area (Å²) in [7, 11) is 0. The van der Waals surface area contributed by atoms with E-state index < -0.39 is 0 Å². The Morgan fingerprint density at radius 1 is 1.08 bits per heavy atom. The molecule has 0 amide bonds. The number of anilines is 1. The zero-order valence-electron chi connectivity index (χ0n) is 12.8. The molecule has 1 N–H and O–H groups in total. The molecular weight excluding hydrogens is 305 g/mol. The molecule has 0 saturated heterocycles. The predicted octanol–water partition coefficient (Wildman–Crippen LogP) is 3.67. The number of nitrogens with one attached hydrogen (secondary N) is 1. The Morgan fingerprint density at radius 3 is 2.62 bits per heavy atom. The lowest BCUT2D eigenvalue weighted by Gasteiger charge is -2.09. The van der Waals surface area contributed by atoms with E-state index in [0.717, 1.165) is 11.1 Å². The van der Waals surface area contributed by atoms with E-state index in [1.807, 2.05) is 12.1 Å². The second kappa shape index (κ2) is 7.29. The van der Waals surface area contributed by atoms with E-state index in [1.165, 1.54) is 12.1 Å². The number of nitrogens with zero attached hydrogens (tertiary/aromatic N) is 4. The fraction of sp³-hybridized carbons (Fsp3) is 0.111. The quantitative estimate of drug-likeness (QED) is 0.726. The van der Waals surface area contributed by atoms with E-state index in [9.17, 15) is 4.39 Å². The maximum absolute atomic E-state index is 13.1. The molecule has 0 aliphatic heterocycles. The van der Waals surface area contributed by atoms with Crippen LogP contribution in [0.1, 0.15) is 6.42 Å². The molecule has 2 heterocycles. The van der Waals surface area contributed by atoms with Gasteiger partial charge in [0.2, 0.25) is 0 Å². The predicted molar refractivity (Wildman–Crippen MR) is 89.4 cm³/mol. The summed E-state index contributed by atoms with van der Waals surface area (Å²) in [4.78, 5) is 13.1. The lowest BCUT2D eigenvalue weighted by Crippen LogP contribution is -2.05. The topological polar surface area (TPSA) is 74.5 Å². The van der Waals surface area contributed by atoms with Gasteiger partial charge in [0.05, 0.1) is 18.2 Å². The number of nitriles is 1. The van der Waals surface area contributed by atoms with Gasteiger partial charge in [0.15, 0.2) is 5.82 Å².